The number of nitrogens with zero attached hydrogens (tertiary/aromatic N) is 1. The molecule has 0 aromatic heterocycles. The van der Waals surface area contributed by atoms with Gasteiger partial charge in [0.1, 0.15) is 0 Å². The number of fused-ring (bicyclic) bond motifs is 1. The van der Waals surface area contributed by atoms with E-state index in [9.17, 15) is 9.59 Å². The first kappa shape index (κ1) is 16.9. The van der Waals surface area contributed by atoms with Crippen molar-refractivity contribution in [1.29, 1.82) is 0 Å². The molecule has 0 spiro atoms. The number of benzene rings is 2. The summed E-state index contributed by atoms with van der Waals surface area (Å²) in [6.45, 7) is 2.28. The van der Waals surface area contributed by atoms with E-state index in [1.165, 1.54) is 11.8 Å². The number of rotatable bonds is 3. The van der Waals surface area contributed by atoms with Crippen molar-refractivity contribution in [3.8, 4) is 0 Å². The maximum Gasteiger partial charge on any atom is 0.253 e. The Balaban J connectivity index is 1.79. The average molecular weight is 361 g/mol. The monoisotopic (exact) mass is 360 g/mol. The molecule has 0 fully saturated rings. The van der Waals surface area contributed by atoms with Crippen molar-refractivity contribution in [3.63, 3.8) is 0 Å². The van der Waals surface area contributed by atoms with Gasteiger partial charge in [-0.25, -0.2) is 0 Å². The molecule has 2 aromatic rings. The number of hydrogen-bond donors (Lipinski definition) is 1. The highest BCUT2D eigenvalue weighted by atomic mass is 35.5. The van der Waals surface area contributed by atoms with Gasteiger partial charge in [-0.05, 0) is 36.8 Å². The second-order valence-electron chi connectivity index (χ2n) is 5.71. The fraction of sp³-hybridized carbons (Fsp3) is 0.222. The molecule has 1 atom stereocenters. The Morgan fingerprint density at radius 1 is 1.29 bits per heavy atom. The highest BCUT2D eigenvalue weighted by Gasteiger charge is 2.24. The molecule has 0 saturated heterocycles. The van der Waals surface area contributed by atoms with Crippen LogP contribution in [0.3, 0.4) is 0 Å². The molecular weight excluding hydrogens is 344 g/mol. The van der Waals surface area contributed by atoms with Gasteiger partial charge >= 0.3 is 0 Å². The normalized spacial score (nSPS) is 16.3. The predicted octanol–water partition coefficient (Wildman–Crippen LogP) is 4.04. The van der Waals surface area contributed by atoms with Gasteiger partial charge in [0.2, 0.25) is 5.91 Å². The number of carbonyl (C=O) groups excluding carboxylic acids is 2. The minimum absolute atomic E-state index is 0.0403. The molecule has 0 bridgehead atoms. The van der Waals surface area contributed by atoms with Crippen molar-refractivity contribution in [3.05, 3.63) is 58.6 Å². The smallest absolute Gasteiger partial charge is 0.253 e. The summed E-state index contributed by atoms with van der Waals surface area (Å²) < 4.78 is 0. The number of carbonyl (C=O) groups is 2. The molecule has 0 radical (unpaired) electrons. The van der Waals surface area contributed by atoms with Crippen molar-refractivity contribution >= 4 is 40.9 Å². The van der Waals surface area contributed by atoms with Crippen LogP contribution >= 0.6 is 23.4 Å². The number of thioether (sulfide) groups is 1. The Kier molecular flexibility index (Phi) is 4.83. The van der Waals surface area contributed by atoms with Gasteiger partial charge in [0.15, 0.2) is 0 Å². The molecule has 3 rings (SSSR count). The summed E-state index contributed by atoms with van der Waals surface area (Å²) in [6, 6.07) is 12.9. The van der Waals surface area contributed by atoms with E-state index in [0.29, 0.717) is 22.8 Å². The summed E-state index contributed by atoms with van der Waals surface area (Å²) in [5.74, 6) is -0.155. The van der Waals surface area contributed by atoms with Crippen LogP contribution in [0.25, 0.3) is 0 Å². The van der Waals surface area contributed by atoms with E-state index in [1.54, 1.807) is 24.1 Å². The molecule has 124 valence electrons. The fourth-order valence-corrected chi connectivity index (χ4v) is 3.64. The minimum atomic E-state index is -0.123. The molecule has 0 aliphatic carbocycles. The third-order valence-electron chi connectivity index (χ3n) is 3.87. The highest BCUT2D eigenvalue weighted by Crippen LogP contribution is 2.36. The molecule has 2 amide bonds. The lowest BCUT2D eigenvalue weighted by molar-refractivity contribution is -0.115. The van der Waals surface area contributed by atoms with E-state index in [-0.39, 0.29) is 17.1 Å². The number of halogens is 1. The topological polar surface area (TPSA) is 49.4 Å². The maximum atomic E-state index is 12.7. The van der Waals surface area contributed by atoms with Crippen molar-refractivity contribution in [2.24, 2.45) is 0 Å². The maximum absolute atomic E-state index is 12.7. The van der Waals surface area contributed by atoms with E-state index >= 15 is 0 Å². The van der Waals surface area contributed by atoms with Gasteiger partial charge in [0.05, 0.1) is 10.9 Å². The van der Waals surface area contributed by atoms with Crippen LogP contribution < -0.4 is 5.32 Å². The van der Waals surface area contributed by atoms with Crippen LogP contribution in [0.2, 0.25) is 5.02 Å². The van der Waals surface area contributed by atoms with E-state index < -0.39 is 0 Å². The molecule has 1 aliphatic heterocycles. The molecule has 1 unspecified atom stereocenters. The van der Waals surface area contributed by atoms with Crippen LogP contribution in [0.15, 0.2) is 47.4 Å². The molecule has 2 aromatic carbocycles. The van der Waals surface area contributed by atoms with Crippen molar-refractivity contribution in [2.45, 2.75) is 23.6 Å². The van der Waals surface area contributed by atoms with Gasteiger partial charge in [-0.15, -0.1) is 11.8 Å². The van der Waals surface area contributed by atoms with Crippen LogP contribution in [0.1, 0.15) is 22.8 Å². The Labute approximate surface area is 150 Å². The predicted molar refractivity (Wildman–Crippen MR) is 97.6 cm³/mol. The zero-order valence-electron chi connectivity index (χ0n) is 13.4. The molecular formula is C18H17ClN2O2S. The Morgan fingerprint density at radius 3 is 2.79 bits per heavy atom. The van der Waals surface area contributed by atoms with Crippen molar-refractivity contribution in [1.82, 2.24) is 4.90 Å². The van der Waals surface area contributed by atoms with E-state index in [2.05, 4.69) is 5.32 Å². The van der Waals surface area contributed by atoms with Gasteiger partial charge in [-0.3, -0.25) is 9.59 Å². The first-order valence-electron chi connectivity index (χ1n) is 7.56. The van der Waals surface area contributed by atoms with Crippen molar-refractivity contribution in [2.75, 3.05) is 12.4 Å². The summed E-state index contributed by atoms with van der Waals surface area (Å²) in [5.41, 5.74) is 2.13. The summed E-state index contributed by atoms with van der Waals surface area (Å²) in [6.07, 6.45) is 0. The first-order chi connectivity index (χ1) is 11.5. The van der Waals surface area contributed by atoms with Crippen LogP contribution in [0.4, 0.5) is 5.69 Å². The zero-order valence-corrected chi connectivity index (χ0v) is 14.9. The van der Waals surface area contributed by atoms with Gasteiger partial charge in [-0.1, -0.05) is 29.8 Å². The summed E-state index contributed by atoms with van der Waals surface area (Å²) in [4.78, 5) is 27.1. The summed E-state index contributed by atoms with van der Waals surface area (Å²) in [7, 11) is 1.74. The van der Waals surface area contributed by atoms with Gasteiger partial charge < -0.3 is 10.2 Å². The number of hydrogen-bond acceptors (Lipinski definition) is 3. The van der Waals surface area contributed by atoms with E-state index in [4.69, 9.17) is 11.6 Å². The molecule has 4 nitrogen and oxygen atoms in total. The number of anilines is 1. The molecule has 1 N–H and O–H groups in total. The van der Waals surface area contributed by atoms with Crippen molar-refractivity contribution < 1.29 is 9.59 Å². The Morgan fingerprint density at radius 2 is 2.04 bits per heavy atom. The molecule has 1 aliphatic rings. The van der Waals surface area contributed by atoms with Crippen LogP contribution in [-0.2, 0) is 11.3 Å². The number of amides is 2. The fourth-order valence-electron chi connectivity index (χ4n) is 2.52. The van der Waals surface area contributed by atoms with E-state index in [1.807, 2.05) is 37.3 Å². The second-order valence-corrected chi connectivity index (χ2v) is 7.50. The third-order valence-corrected chi connectivity index (χ3v) is 5.42. The largest absolute Gasteiger partial charge is 0.337 e. The van der Waals surface area contributed by atoms with Gasteiger partial charge in [-0.2, -0.15) is 0 Å². The van der Waals surface area contributed by atoms with Gasteiger partial charge in [0, 0.05) is 29.1 Å². The zero-order chi connectivity index (χ0) is 17.3. The average Bonchev–Trinajstić information content (AvgIpc) is 2.57. The number of nitrogens with one attached hydrogen (secondary N) is 1. The first-order valence-corrected chi connectivity index (χ1v) is 8.82. The van der Waals surface area contributed by atoms with Gasteiger partial charge in [0.25, 0.3) is 5.91 Å². The lowest BCUT2D eigenvalue weighted by Gasteiger charge is -2.23. The standard InChI is InChI=1S/C18H17ClN2O2S/c1-11-17(22)20-15-9-12(7-8-16(15)24-11)18(23)21(2)10-13-5-3-4-6-14(13)19/h3-9,11H,10H2,1-2H3,(H,20,22). The quantitative estimate of drug-likeness (QED) is 0.898. The second kappa shape index (κ2) is 6.87. The van der Waals surface area contributed by atoms with Crippen LogP contribution in [0.5, 0.6) is 0 Å². The van der Waals surface area contributed by atoms with Crippen LogP contribution in [0, 0.1) is 0 Å². The van der Waals surface area contributed by atoms with E-state index in [0.717, 1.165) is 10.5 Å². The van der Waals surface area contributed by atoms with Crippen LogP contribution in [-0.4, -0.2) is 29.0 Å². The Bertz CT molecular complexity index is 809. The molecule has 6 heteroatoms. The minimum Gasteiger partial charge on any atom is -0.337 e. The highest BCUT2D eigenvalue weighted by molar-refractivity contribution is 8.00. The summed E-state index contributed by atoms with van der Waals surface area (Å²) >= 11 is 7.65. The third kappa shape index (κ3) is 3.42. The molecule has 24 heavy (non-hydrogen) atoms. The Hall–Kier alpha value is -1.98. The molecule has 0 saturated carbocycles. The lowest BCUT2D eigenvalue weighted by Crippen LogP contribution is -2.28. The SMILES string of the molecule is CC1Sc2ccc(C(=O)N(C)Cc3ccccc3Cl)cc2NC1=O. The lowest BCUT2D eigenvalue weighted by atomic mass is 10.1. The summed E-state index contributed by atoms with van der Waals surface area (Å²) in [5, 5.41) is 3.37. The molecule has 1 heterocycles.